The summed E-state index contributed by atoms with van der Waals surface area (Å²) in [5.74, 6) is -0.210. The summed E-state index contributed by atoms with van der Waals surface area (Å²) in [6, 6.07) is 15.8. The van der Waals surface area contributed by atoms with Crippen LogP contribution in [-0.4, -0.2) is 55.3 Å². The number of ether oxygens (including phenoxy) is 1. The van der Waals surface area contributed by atoms with Crippen molar-refractivity contribution in [2.75, 3.05) is 25.5 Å². The zero-order chi connectivity index (χ0) is 21.9. The van der Waals surface area contributed by atoms with Crippen LogP contribution in [0.5, 0.6) is 0 Å². The fourth-order valence-electron chi connectivity index (χ4n) is 3.58. The van der Waals surface area contributed by atoms with Crippen molar-refractivity contribution in [1.82, 2.24) is 8.61 Å². The van der Waals surface area contributed by atoms with Gasteiger partial charge in [-0.1, -0.05) is 30.3 Å². The van der Waals surface area contributed by atoms with Gasteiger partial charge < -0.3 is 10.1 Å². The Kier molecular flexibility index (Phi) is 6.92. The molecule has 1 fully saturated rings. The summed E-state index contributed by atoms with van der Waals surface area (Å²) in [7, 11) is -2.07. The van der Waals surface area contributed by atoms with E-state index in [-0.39, 0.29) is 18.1 Å². The van der Waals surface area contributed by atoms with Crippen molar-refractivity contribution < 1.29 is 17.9 Å². The van der Waals surface area contributed by atoms with E-state index in [0.29, 0.717) is 24.3 Å². The first kappa shape index (κ1) is 22.4. The molecule has 1 heterocycles. The maximum atomic E-state index is 13.2. The summed E-state index contributed by atoms with van der Waals surface area (Å²) in [5.41, 5.74) is 1.97. The highest BCUT2D eigenvalue weighted by atomic mass is 32.2. The molecule has 8 heteroatoms. The molecular formula is C22H29N3O4S. The van der Waals surface area contributed by atoms with Gasteiger partial charge in [0.1, 0.15) is 0 Å². The van der Waals surface area contributed by atoms with Gasteiger partial charge in [0, 0.05) is 37.4 Å². The highest BCUT2D eigenvalue weighted by Crippen LogP contribution is 2.27. The SMILES string of the molecule is C[C@@H]1CN(S(=O)(=O)N(C)[C@@H](C)c2cccc(NC(=O)c3ccccc3)c2)C[C@H](C)O1. The molecule has 162 valence electrons. The molecule has 0 spiro atoms. The van der Waals surface area contributed by atoms with E-state index in [0.717, 1.165) is 5.56 Å². The number of nitrogens with one attached hydrogen (secondary N) is 1. The number of carbonyl (C=O) groups excluding carboxylic acids is 1. The number of hydrogen-bond acceptors (Lipinski definition) is 4. The predicted molar refractivity (Wildman–Crippen MR) is 118 cm³/mol. The minimum absolute atomic E-state index is 0.149. The molecule has 30 heavy (non-hydrogen) atoms. The molecule has 1 saturated heterocycles. The van der Waals surface area contributed by atoms with E-state index in [1.807, 2.05) is 45.0 Å². The quantitative estimate of drug-likeness (QED) is 0.761. The van der Waals surface area contributed by atoms with E-state index in [1.165, 1.54) is 8.61 Å². The molecule has 2 aromatic rings. The molecule has 0 aromatic heterocycles. The molecule has 1 aliphatic rings. The van der Waals surface area contributed by atoms with Crippen LogP contribution in [0.4, 0.5) is 5.69 Å². The van der Waals surface area contributed by atoms with Gasteiger partial charge in [-0.25, -0.2) is 0 Å². The molecule has 0 unspecified atom stereocenters. The maximum Gasteiger partial charge on any atom is 0.282 e. The summed E-state index contributed by atoms with van der Waals surface area (Å²) in [6.45, 7) is 6.25. The van der Waals surface area contributed by atoms with Gasteiger partial charge in [0.05, 0.1) is 12.2 Å². The van der Waals surface area contributed by atoms with Crippen molar-refractivity contribution in [2.45, 2.75) is 39.0 Å². The molecule has 0 aliphatic carbocycles. The Morgan fingerprint density at radius 1 is 1.10 bits per heavy atom. The van der Waals surface area contributed by atoms with Crippen LogP contribution in [0.3, 0.4) is 0 Å². The van der Waals surface area contributed by atoms with Crippen molar-refractivity contribution >= 4 is 21.8 Å². The fraction of sp³-hybridized carbons (Fsp3) is 0.409. The molecule has 1 N–H and O–H groups in total. The predicted octanol–water partition coefficient (Wildman–Crippen LogP) is 3.29. The lowest BCUT2D eigenvalue weighted by Gasteiger charge is -2.38. The highest BCUT2D eigenvalue weighted by molar-refractivity contribution is 7.86. The van der Waals surface area contributed by atoms with Crippen LogP contribution in [0.2, 0.25) is 0 Å². The third-order valence-corrected chi connectivity index (χ3v) is 7.28. The fourth-order valence-corrected chi connectivity index (χ4v) is 5.26. The molecule has 3 rings (SSSR count). The van der Waals surface area contributed by atoms with E-state index >= 15 is 0 Å². The van der Waals surface area contributed by atoms with Crippen LogP contribution < -0.4 is 5.32 Å². The molecule has 2 aromatic carbocycles. The standard InChI is InChI=1S/C22H29N3O4S/c1-16-14-25(15-17(2)29-16)30(27,28)24(4)18(3)20-11-8-12-21(13-20)23-22(26)19-9-6-5-7-10-19/h5-13,16-18H,14-15H2,1-4H3,(H,23,26)/t16-,17+,18-/m0/s1. The second kappa shape index (κ2) is 9.26. The number of nitrogens with zero attached hydrogens (tertiary/aromatic N) is 2. The normalized spacial score (nSPS) is 21.4. The van der Waals surface area contributed by atoms with Crippen LogP contribution in [0, 0.1) is 0 Å². The van der Waals surface area contributed by atoms with Gasteiger partial charge in [-0.05, 0) is 50.6 Å². The average Bonchev–Trinajstić information content (AvgIpc) is 2.72. The van der Waals surface area contributed by atoms with Crippen LogP contribution in [0.25, 0.3) is 0 Å². The molecule has 1 amide bonds. The minimum Gasteiger partial charge on any atom is -0.373 e. The van der Waals surface area contributed by atoms with Crippen molar-refractivity contribution in [3.63, 3.8) is 0 Å². The van der Waals surface area contributed by atoms with Gasteiger partial charge >= 0.3 is 0 Å². The molecule has 0 saturated carbocycles. The Labute approximate surface area is 178 Å². The number of carbonyl (C=O) groups is 1. The first-order valence-corrected chi connectivity index (χ1v) is 11.4. The molecule has 3 atom stereocenters. The summed E-state index contributed by atoms with van der Waals surface area (Å²) in [4.78, 5) is 12.4. The van der Waals surface area contributed by atoms with Gasteiger partial charge in [0.15, 0.2) is 0 Å². The topological polar surface area (TPSA) is 79.0 Å². The molecule has 1 aliphatic heterocycles. The molecule has 7 nitrogen and oxygen atoms in total. The van der Waals surface area contributed by atoms with E-state index < -0.39 is 16.3 Å². The summed E-state index contributed by atoms with van der Waals surface area (Å²) in [5, 5.41) is 2.87. The number of hydrogen-bond donors (Lipinski definition) is 1. The first-order chi connectivity index (χ1) is 14.2. The van der Waals surface area contributed by atoms with Gasteiger partial charge in [-0.15, -0.1) is 0 Å². The smallest absolute Gasteiger partial charge is 0.282 e. The van der Waals surface area contributed by atoms with Gasteiger partial charge in [-0.3, -0.25) is 4.79 Å². The number of benzene rings is 2. The van der Waals surface area contributed by atoms with E-state index in [1.54, 1.807) is 37.4 Å². The summed E-state index contributed by atoms with van der Waals surface area (Å²) in [6.07, 6.45) is -0.299. The van der Waals surface area contributed by atoms with Crippen LogP contribution in [0.1, 0.15) is 42.7 Å². The third-order valence-electron chi connectivity index (χ3n) is 5.28. The second-order valence-corrected chi connectivity index (χ2v) is 9.71. The van der Waals surface area contributed by atoms with E-state index in [2.05, 4.69) is 5.32 Å². The Morgan fingerprint density at radius 3 is 2.37 bits per heavy atom. The Hall–Kier alpha value is -2.26. The maximum absolute atomic E-state index is 13.2. The van der Waals surface area contributed by atoms with E-state index in [4.69, 9.17) is 4.74 Å². The lowest BCUT2D eigenvalue weighted by molar-refractivity contribution is -0.0455. The summed E-state index contributed by atoms with van der Waals surface area (Å²) >= 11 is 0. The zero-order valence-electron chi connectivity index (χ0n) is 17.8. The van der Waals surface area contributed by atoms with Crippen LogP contribution in [-0.2, 0) is 14.9 Å². The summed E-state index contributed by atoms with van der Waals surface area (Å²) < 4.78 is 34.8. The zero-order valence-corrected chi connectivity index (χ0v) is 18.6. The highest BCUT2D eigenvalue weighted by Gasteiger charge is 2.35. The lowest BCUT2D eigenvalue weighted by Crippen LogP contribution is -2.52. The van der Waals surface area contributed by atoms with Crippen molar-refractivity contribution in [2.24, 2.45) is 0 Å². The first-order valence-electron chi connectivity index (χ1n) is 10.0. The molecule has 0 bridgehead atoms. The van der Waals surface area contributed by atoms with Crippen molar-refractivity contribution in [3.05, 3.63) is 65.7 Å². The monoisotopic (exact) mass is 431 g/mol. The average molecular weight is 432 g/mol. The van der Waals surface area contributed by atoms with Crippen LogP contribution in [0.15, 0.2) is 54.6 Å². The van der Waals surface area contributed by atoms with Gasteiger partial charge in [0.25, 0.3) is 16.1 Å². The van der Waals surface area contributed by atoms with Crippen LogP contribution >= 0.6 is 0 Å². The van der Waals surface area contributed by atoms with Crippen molar-refractivity contribution in [1.29, 1.82) is 0 Å². The Morgan fingerprint density at radius 2 is 1.73 bits per heavy atom. The Balaban J connectivity index is 1.75. The van der Waals surface area contributed by atoms with Crippen molar-refractivity contribution in [3.8, 4) is 0 Å². The second-order valence-electron chi connectivity index (χ2n) is 7.72. The third kappa shape index (κ3) is 5.07. The molecule has 0 radical (unpaired) electrons. The number of rotatable bonds is 6. The van der Waals surface area contributed by atoms with Gasteiger partial charge in [0.2, 0.25) is 0 Å². The number of anilines is 1. The van der Waals surface area contributed by atoms with Gasteiger partial charge in [-0.2, -0.15) is 17.0 Å². The number of amides is 1. The number of morpholine rings is 1. The Bertz CT molecular complexity index is 971. The minimum atomic E-state index is -3.65. The van der Waals surface area contributed by atoms with E-state index in [9.17, 15) is 13.2 Å². The molecular weight excluding hydrogens is 402 g/mol. The largest absolute Gasteiger partial charge is 0.373 e. The lowest BCUT2D eigenvalue weighted by atomic mass is 10.1.